The van der Waals surface area contributed by atoms with Crippen LogP contribution in [0.5, 0.6) is 0 Å². The van der Waals surface area contributed by atoms with E-state index >= 15 is 0 Å². The van der Waals surface area contributed by atoms with Crippen LogP contribution in [-0.4, -0.2) is 33.2 Å². The van der Waals surface area contributed by atoms with Gasteiger partial charge in [-0.25, -0.2) is 15.0 Å². The zero-order valence-corrected chi connectivity index (χ0v) is 17.3. The number of aromatic nitrogens is 4. The maximum Gasteiger partial charge on any atom is 0.189 e. The van der Waals surface area contributed by atoms with Crippen LogP contribution in [0, 0.1) is 17.2 Å². The number of rotatable bonds is 4. The van der Waals surface area contributed by atoms with Crippen LogP contribution < -0.4 is 10.6 Å². The molecule has 0 amide bonds. The number of hydrogen-bond donors (Lipinski definition) is 1. The van der Waals surface area contributed by atoms with Gasteiger partial charge in [0.05, 0.1) is 23.9 Å². The molecular weight excluding hydrogens is 402 g/mol. The van der Waals surface area contributed by atoms with Crippen molar-refractivity contribution in [2.24, 2.45) is 5.92 Å². The molecule has 1 atom stereocenters. The lowest BCUT2D eigenvalue weighted by atomic mass is 9.99. The third kappa shape index (κ3) is 3.88. The van der Waals surface area contributed by atoms with E-state index in [1.807, 2.05) is 48.5 Å². The molecule has 0 aliphatic carbocycles. The van der Waals surface area contributed by atoms with Gasteiger partial charge in [0.2, 0.25) is 0 Å². The molecule has 0 spiro atoms. The summed E-state index contributed by atoms with van der Waals surface area (Å²) < 4.78 is 5.54. The van der Waals surface area contributed by atoms with Gasteiger partial charge in [-0.2, -0.15) is 5.26 Å². The normalized spacial score (nSPS) is 16.0. The number of nitrogen functional groups attached to an aromatic ring is 1. The quantitative estimate of drug-likeness (QED) is 0.519. The molecule has 0 bridgehead atoms. The van der Waals surface area contributed by atoms with E-state index in [0.29, 0.717) is 29.4 Å². The van der Waals surface area contributed by atoms with Crippen molar-refractivity contribution in [2.75, 3.05) is 23.7 Å². The third-order valence-electron chi connectivity index (χ3n) is 5.58. The summed E-state index contributed by atoms with van der Waals surface area (Å²) in [5.41, 5.74) is 9.73. The van der Waals surface area contributed by atoms with Gasteiger partial charge in [0, 0.05) is 36.5 Å². The number of nitrogens with zero attached hydrogens (tertiary/aromatic N) is 6. The summed E-state index contributed by atoms with van der Waals surface area (Å²) in [6.45, 7) is 1.57. The van der Waals surface area contributed by atoms with Gasteiger partial charge in [-0.3, -0.25) is 0 Å². The molecule has 1 aromatic carbocycles. The Bertz CT molecular complexity index is 1280. The molecule has 1 aliphatic rings. The molecule has 3 aromatic heterocycles. The molecule has 0 radical (unpaired) electrons. The van der Waals surface area contributed by atoms with E-state index in [2.05, 4.69) is 26.1 Å². The van der Waals surface area contributed by atoms with Crippen molar-refractivity contribution in [1.29, 1.82) is 5.26 Å². The Morgan fingerprint density at radius 2 is 1.94 bits per heavy atom. The standard InChI is InChI=1S/C24H21N7O/c25-13-16-5-4-10-31(15-16)22-11-18(8-9-27-22)20-14-28-24(26)23(29-20)21-12-19(30-32-21)17-6-2-1-3-7-17/h1-3,6-9,11-12,14,16H,4-5,10,15H2,(H2,26,28). The Morgan fingerprint density at radius 1 is 1.06 bits per heavy atom. The highest BCUT2D eigenvalue weighted by Gasteiger charge is 2.21. The van der Waals surface area contributed by atoms with E-state index in [1.54, 1.807) is 12.4 Å². The lowest BCUT2D eigenvalue weighted by Gasteiger charge is -2.30. The minimum Gasteiger partial charge on any atom is -0.382 e. The van der Waals surface area contributed by atoms with Crippen molar-refractivity contribution in [2.45, 2.75) is 12.8 Å². The van der Waals surface area contributed by atoms with Crippen molar-refractivity contribution in [3.05, 3.63) is 60.9 Å². The predicted octanol–water partition coefficient (Wildman–Crippen LogP) is 4.18. The summed E-state index contributed by atoms with van der Waals surface area (Å²) >= 11 is 0. The molecule has 8 heteroatoms. The van der Waals surface area contributed by atoms with Crippen LogP contribution in [0.2, 0.25) is 0 Å². The number of nitriles is 1. The first-order valence-electron chi connectivity index (χ1n) is 10.5. The number of benzene rings is 1. The molecule has 1 saturated heterocycles. The molecule has 1 unspecified atom stereocenters. The minimum absolute atomic E-state index is 0.0300. The molecule has 4 aromatic rings. The lowest BCUT2D eigenvalue weighted by Crippen LogP contribution is -2.35. The molecule has 1 aliphatic heterocycles. The van der Waals surface area contributed by atoms with Crippen LogP contribution in [0.4, 0.5) is 11.6 Å². The fraction of sp³-hybridized carbons (Fsp3) is 0.208. The van der Waals surface area contributed by atoms with Gasteiger partial charge in [-0.15, -0.1) is 0 Å². The highest BCUT2D eigenvalue weighted by atomic mass is 16.5. The van der Waals surface area contributed by atoms with Gasteiger partial charge in [0.25, 0.3) is 0 Å². The smallest absolute Gasteiger partial charge is 0.189 e. The Hall–Kier alpha value is -4.25. The first-order valence-corrected chi connectivity index (χ1v) is 10.5. The fourth-order valence-corrected chi connectivity index (χ4v) is 3.89. The Kier molecular flexibility index (Phi) is 5.22. The summed E-state index contributed by atoms with van der Waals surface area (Å²) in [7, 11) is 0. The highest BCUT2D eigenvalue weighted by molar-refractivity contribution is 5.73. The molecule has 32 heavy (non-hydrogen) atoms. The van der Waals surface area contributed by atoms with E-state index in [1.165, 1.54) is 0 Å². The van der Waals surface area contributed by atoms with Gasteiger partial charge in [0.1, 0.15) is 11.5 Å². The van der Waals surface area contributed by atoms with Crippen LogP contribution in [0.15, 0.2) is 65.4 Å². The largest absolute Gasteiger partial charge is 0.382 e. The summed E-state index contributed by atoms with van der Waals surface area (Å²) in [5.74, 6) is 1.58. The van der Waals surface area contributed by atoms with Crippen molar-refractivity contribution >= 4 is 11.6 Å². The predicted molar refractivity (Wildman–Crippen MR) is 121 cm³/mol. The topological polar surface area (TPSA) is 118 Å². The SMILES string of the molecule is N#CC1CCCN(c2cc(-c3cnc(N)c(-c4cc(-c5ccccc5)no4)n3)ccn2)C1. The molecular formula is C24H21N7O. The minimum atomic E-state index is 0.0300. The number of hydrogen-bond acceptors (Lipinski definition) is 8. The van der Waals surface area contributed by atoms with Gasteiger partial charge < -0.3 is 15.2 Å². The van der Waals surface area contributed by atoms with Crippen molar-refractivity contribution in [1.82, 2.24) is 20.1 Å². The van der Waals surface area contributed by atoms with Crippen LogP contribution >= 0.6 is 0 Å². The van der Waals surface area contributed by atoms with Crippen molar-refractivity contribution < 1.29 is 4.52 Å². The molecule has 2 N–H and O–H groups in total. The zero-order valence-electron chi connectivity index (χ0n) is 17.3. The van der Waals surface area contributed by atoms with E-state index in [4.69, 9.17) is 15.2 Å². The summed E-state index contributed by atoms with van der Waals surface area (Å²) in [5, 5.41) is 13.4. The maximum atomic E-state index is 9.29. The van der Waals surface area contributed by atoms with E-state index in [-0.39, 0.29) is 11.7 Å². The van der Waals surface area contributed by atoms with Gasteiger partial charge in [0.15, 0.2) is 17.3 Å². The zero-order chi connectivity index (χ0) is 21.9. The van der Waals surface area contributed by atoms with Crippen molar-refractivity contribution in [3.8, 4) is 40.0 Å². The molecule has 1 fully saturated rings. The first-order chi connectivity index (χ1) is 15.7. The first kappa shape index (κ1) is 19.7. The number of anilines is 2. The molecule has 4 heterocycles. The van der Waals surface area contributed by atoms with Crippen LogP contribution in [-0.2, 0) is 0 Å². The molecule has 8 nitrogen and oxygen atoms in total. The van der Waals surface area contributed by atoms with Crippen LogP contribution in [0.1, 0.15) is 12.8 Å². The second-order valence-corrected chi connectivity index (χ2v) is 7.75. The third-order valence-corrected chi connectivity index (χ3v) is 5.58. The van der Waals surface area contributed by atoms with Crippen molar-refractivity contribution in [3.63, 3.8) is 0 Å². The summed E-state index contributed by atoms with van der Waals surface area (Å²) in [6.07, 6.45) is 5.30. The average molecular weight is 423 g/mol. The maximum absolute atomic E-state index is 9.29. The molecule has 5 rings (SSSR count). The number of pyridine rings is 1. The summed E-state index contributed by atoms with van der Waals surface area (Å²) in [4.78, 5) is 15.7. The second-order valence-electron chi connectivity index (χ2n) is 7.75. The summed E-state index contributed by atoms with van der Waals surface area (Å²) in [6, 6.07) is 17.8. The van der Waals surface area contributed by atoms with E-state index in [9.17, 15) is 5.26 Å². The fourth-order valence-electron chi connectivity index (χ4n) is 3.89. The van der Waals surface area contributed by atoms with Crippen LogP contribution in [0.25, 0.3) is 34.0 Å². The number of nitrogens with two attached hydrogens (primary N) is 1. The number of piperidine rings is 1. The highest BCUT2D eigenvalue weighted by Crippen LogP contribution is 2.30. The van der Waals surface area contributed by atoms with Gasteiger partial charge >= 0.3 is 0 Å². The lowest BCUT2D eigenvalue weighted by molar-refractivity contribution is 0.434. The van der Waals surface area contributed by atoms with Crippen LogP contribution in [0.3, 0.4) is 0 Å². The Balaban J connectivity index is 1.46. The van der Waals surface area contributed by atoms with E-state index in [0.717, 1.165) is 36.3 Å². The average Bonchev–Trinajstić information content (AvgIpc) is 3.35. The Labute approximate surface area is 185 Å². The second kappa shape index (κ2) is 8.47. The van der Waals surface area contributed by atoms with Gasteiger partial charge in [-0.05, 0) is 25.0 Å². The molecule has 0 saturated carbocycles. The molecule has 158 valence electrons. The van der Waals surface area contributed by atoms with E-state index < -0.39 is 0 Å². The van der Waals surface area contributed by atoms with Gasteiger partial charge in [-0.1, -0.05) is 35.5 Å². The Morgan fingerprint density at radius 3 is 2.78 bits per heavy atom. The monoisotopic (exact) mass is 423 g/mol.